The van der Waals surface area contributed by atoms with Gasteiger partial charge in [0.15, 0.2) is 0 Å². The molecule has 0 unspecified atom stereocenters. The van der Waals surface area contributed by atoms with Crippen LogP contribution < -0.4 is 10.2 Å². The lowest BCUT2D eigenvalue weighted by Gasteiger charge is -2.33. The van der Waals surface area contributed by atoms with E-state index in [1.807, 2.05) is 82.6 Å². The zero-order chi connectivity index (χ0) is 30.5. The second kappa shape index (κ2) is 13.7. The summed E-state index contributed by atoms with van der Waals surface area (Å²) in [4.78, 5) is 42.8. The standard InChI is InChI=1S/C31H44BrN5O4/c1-21(2)37(30(40)41-31(5,6)7)14-13-33-27(38)19-35(29-22(3)15-26(32)16-23(29)4)20-28(39)34(8)36-17-24-11-9-10-12-25(24)18-36/h9-12,15-16,21H,13-14,17-20H2,1-8H3,(H,33,38). The van der Waals surface area contributed by atoms with E-state index in [-0.39, 0.29) is 37.5 Å². The van der Waals surface area contributed by atoms with Crippen molar-refractivity contribution in [3.8, 4) is 0 Å². The van der Waals surface area contributed by atoms with E-state index in [1.165, 1.54) is 11.1 Å². The molecule has 1 aliphatic heterocycles. The minimum Gasteiger partial charge on any atom is -0.444 e. The van der Waals surface area contributed by atoms with Crippen molar-refractivity contribution < 1.29 is 19.1 Å². The number of rotatable bonds is 10. The number of benzene rings is 2. The maximum atomic E-state index is 13.5. The number of aryl methyl sites for hydroxylation is 2. The summed E-state index contributed by atoms with van der Waals surface area (Å²) in [5.74, 6) is -0.341. The molecule has 9 nitrogen and oxygen atoms in total. The molecular weight excluding hydrogens is 586 g/mol. The predicted molar refractivity (Wildman–Crippen MR) is 165 cm³/mol. The number of halogens is 1. The SMILES string of the molecule is Cc1cc(Br)cc(C)c1N(CC(=O)NCCN(C(=O)OC(C)(C)C)C(C)C)CC(=O)N(C)N1Cc2ccccc2C1. The summed E-state index contributed by atoms with van der Waals surface area (Å²) in [6.07, 6.45) is -0.415. The number of nitrogens with zero attached hydrogens (tertiary/aromatic N) is 4. The van der Waals surface area contributed by atoms with Gasteiger partial charge >= 0.3 is 6.09 Å². The zero-order valence-corrected chi connectivity index (χ0v) is 27.2. The molecule has 0 bridgehead atoms. The zero-order valence-electron chi connectivity index (χ0n) is 25.6. The first-order valence-corrected chi connectivity index (χ1v) is 14.8. The van der Waals surface area contributed by atoms with Crippen LogP contribution in [0.4, 0.5) is 10.5 Å². The smallest absolute Gasteiger partial charge is 0.410 e. The second-order valence-corrected chi connectivity index (χ2v) is 12.8. The Bertz CT molecular complexity index is 1210. The van der Waals surface area contributed by atoms with Gasteiger partial charge in [0.2, 0.25) is 5.91 Å². The lowest BCUT2D eigenvalue weighted by atomic mass is 10.1. The Morgan fingerprint density at radius 3 is 2.10 bits per heavy atom. The first kappa shape index (κ1) is 32.4. The van der Waals surface area contributed by atoms with Crippen LogP contribution in [0.3, 0.4) is 0 Å². The first-order valence-electron chi connectivity index (χ1n) is 14.0. The third-order valence-corrected chi connectivity index (χ3v) is 7.43. The van der Waals surface area contributed by atoms with Gasteiger partial charge in [0.05, 0.1) is 13.1 Å². The molecule has 0 saturated heterocycles. The molecule has 0 radical (unpaired) electrons. The summed E-state index contributed by atoms with van der Waals surface area (Å²) >= 11 is 3.55. The Balaban J connectivity index is 1.70. The molecule has 1 aliphatic rings. The maximum absolute atomic E-state index is 13.5. The molecule has 41 heavy (non-hydrogen) atoms. The van der Waals surface area contributed by atoms with Gasteiger partial charge in [-0.2, -0.15) is 0 Å². The number of hydrazine groups is 1. The average molecular weight is 631 g/mol. The number of amides is 3. The molecule has 2 aromatic rings. The molecule has 0 aliphatic carbocycles. The topological polar surface area (TPSA) is 85.4 Å². The van der Waals surface area contributed by atoms with Crippen LogP contribution in [-0.4, -0.2) is 77.7 Å². The van der Waals surface area contributed by atoms with E-state index >= 15 is 0 Å². The monoisotopic (exact) mass is 629 g/mol. The molecular formula is C31H44BrN5O4. The number of nitrogens with one attached hydrogen (secondary N) is 1. The van der Waals surface area contributed by atoms with E-state index in [0.29, 0.717) is 19.6 Å². The van der Waals surface area contributed by atoms with Gasteiger partial charge in [-0.05, 0) is 82.9 Å². The van der Waals surface area contributed by atoms with Crippen LogP contribution in [0.5, 0.6) is 0 Å². The number of anilines is 1. The number of likely N-dealkylation sites (N-methyl/N-ethyl adjacent to an activating group) is 1. The van der Waals surface area contributed by atoms with E-state index in [0.717, 1.165) is 21.3 Å². The van der Waals surface area contributed by atoms with Crippen molar-refractivity contribution in [3.05, 3.63) is 63.1 Å². The highest BCUT2D eigenvalue weighted by Gasteiger charge is 2.28. The van der Waals surface area contributed by atoms with E-state index in [4.69, 9.17) is 4.74 Å². The fourth-order valence-electron chi connectivity index (χ4n) is 4.99. The fourth-order valence-corrected chi connectivity index (χ4v) is 5.68. The lowest BCUT2D eigenvalue weighted by Crippen LogP contribution is -2.49. The van der Waals surface area contributed by atoms with Crippen LogP contribution in [0, 0.1) is 13.8 Å². The average Bonchev–Trinajstić information content (AvgIpc) is 3.28. The lowest BCUT2D eigenvalue weighted by molar-refractivity contribution is -0.145. The Kier molecular flexibility index (Phi) is 10.8. The van der Waals surface area contributed by atoms with Crippen molar-refractivity contribution in [1.82, 2.24) is 20.2 Å². The van der Waals surface area contributed by atoms with Gasteiger partial charge in [-0.15, -0.1) is 0 Å². The van der Waals surface area contributed by atoms with Crippen molar-refractivity contribution >= 4 is 39.5 Å². The van der Waals surface area contributed by atoms with Crippen molar-refractivity contribution in [2.75, 3.05) is 38.1 Å². The molecule has 0 saturated carbocycles. The number of carbonyl (C=O) groups is 3. The number of carbonyl (C=O) groups excluding carboxylic acids is 3. The van der Waals surface area contributed by atoms with Crippen molar-refractivity contribution in [3.63, 3.8) is 0 Å². The summed E-state index contributed by atoms with van der Waals surface area (Å²) in [6.45, 7) is 15.2. The van der Waals surface area contributed by atoms with Gasteiger partial charge in [-0.1, -0.05) is 40.2 Å². The molecule has 1 N–H and O–H groups in total. The van der Waals surface area contributed by atoms with Crippen LogP contribution in [0.25, 0.3) is 0 Å². The Morgan fingerprint density at radius 2 is 1.59 bits per heavy atom. The van der Waals surface area contributed by atoms with Crippen molar-refractivity contribution in [2.24, 2.45) is 0 Å². The molecule has 3 amide bonds. The highest BCUT2D eigenvalue weighted by molar-refractivity contribution is 9.10. The highest BCUT2D eigenvalue weighted by Crippen LogP contribution is 2.29. The molecule has 0 fully saturated rings. The van der Waals surface area contributed by atoms with Gasteiger partial charge < -0.3 is 19.9 Å². The van der Waals surface area contributed by atoms with Gasteiger partial charge in [-0.3, -0.25) is 14.6 Å². The van der Waals surface area contributed by atoms with E-state index in [1.54, 1.807) is 17.0 Å². The third kappa shape index (κ3) is 8.94. The molecule has 10 heteroatoms. The third-order valence-electron chi connectivity index (χ3n) is 6.97. The minimum absolute atomic E-state index is 0.00274. The number of hydrogen-bond donors (Lipinski definition) is 1. The molecule has 2 aromatic carbocycles. The van der Waals surface area contributed by atoms with Gasteiger partial charge in [-0.25, -0.2) is 9.80 Å². The van der Waals surface area contributed by atoms with Crippen LogP contribution in [0.15, 0.2) is 40.9 Å². The van der Waals surface area contributed by atoms with E-state index in [9.17, 15) is 14.4 Å². The normalized spacial score (nSPS) is 13.1. The Labute approximate surface area is 252 Å². The quantitative estimate of drug-likeness (QED) is 0.397. The fraction of sp³-hybridized carbons (Fsp3) is 0.516. The predicted octanol–water partition coefficient (Wildman–Crippen LogP) is 5.02. The van der Waals surface area contributed by atoms with Gasteiger partial charge in [0.25, 0.3) is 5.91 Å². The molecule has 3 rings (SSSR count). The molecule has 0 aromatic heterocycles. The van der Waals surface area contributed by atoms with Gasteiger partial charge in [0.1, 0.15) is 5.60 Å². The molecule has 0 atom stereocenters. The summed E-state index contributed by atoms with van der Waals surface area (Å²) in [5, 5.41) is 6.61. The number of fused-ring (bicyclic) bond motifs is 1. The van der Waals surface area contributed by atoms with Crippen molar-refractivity contribution in [1.29, 1.82) is 0 Å². The Hall–Kier alpha value is -3.11. The molecule has 1 heterocycles. The summed E-state index contributed by atoms with van der Waals surface area (Å²) in [7, 11) is 1.78. The van der Waals surface area contributed by atoms with Crippen molar-refractivity contribution in [2.45, 2.75) is 73.2 Å². The van der Waals surface area contributed by atoms with Crippen LogP contribution in [0.1, 0.15) is 56.9 Å². The number of ether oxygens (including phenoxy) is 1. The van der Waals surface area contributed by atoms with E-state index in [2.05, 4.69) is 33.4 Å². The van der Waals surface area contributed by atoms with Gasteiger partial charge in [0, 0.05) is 49.4 Å². The highest BCUT2D eigenvalue weighted by atomic mass is 79.9. The summed E-state index contributed by atoms with van der Waals surface area (Å²) < 4.78 is 6.46. The summed E-state index contributed by atoms with van der Waals surface area (Å²) in [6, 6.07) is 12.1. The van der Waals surface area contributed by atoms with Crippen LogP contribution in [0.2, 0.25) is 0 Å². The first-order chi connectivity index (χ1) is 19.2. The number of hydrogen-bond acceptors (Lipinski definition) is 6. The second-order valence-electron chi connectivity index (χ2n) is 11.9. The minimum atomic E-state index is -0.605. The van der Waals surface area contributed by atoms with Crippen LogP contribution in [-0.2, 0) is 27.4 Å². The van der Waals surface area contributed by atoms with E-state index < -0.39 is 11.7 Å². The largest absolute Gasteiger partial charge is 0.444 e. The summed E-state index contributed by atoms with van der Waals surface area (Å²) in [5.41, 5.74) is 4.60. The van der Waals surface area contributed by atoms with Crippen LogP contribution >= 0.6 is 15.9 Å². The molecule has 224 valence electrons. The Morgan fingerprint density at radius 1 is 1.02 bits per heavy atom. The molecule has 0 spiro atoms. The maximum Gasteiger partial charge on any atom is 0.410 e.